The summed E-state index contributed by atoms with van der Waals surface area (Å²) < 4.78 is 0. The van der Waals surface area contributed by atoms with Gasteiger partial charge in [-0.15, -0.1) is 0 Å². The van der Waals surface area contributed by atoms with Crippen LogP contribution in [-0.4, -0.2) is 21.7 Å². The molecule has 4 rings (SSSR count). The first-order valence-corrected chi connectivity index (χ1v) is 9.86. The van der Waals surface area contributed by atoms with Gasteiger partial charge in [-0.1, -0.05) is 36.4 Å². The standard InChI is InChI=1S/C25H23N3O2/c1-16-7-6-9-20(13-16)27-23-22(19-11-10-17(2)18(3)14-19)24(29)28(25(23)30)15-21-8-4-5-12-26-21/h4-14,27H,15H2,1-3H3. The van der Waals surface area contributed by atoms with Gasteiger partial charge in [0.1, 0.15) is 5.70 Å². The average molecular weight is 397 g/mol. The topological polar surface area (TPSA) is 62.3 Å². The third kappa shape index (κ3) is 3.74. The van der Waals surface area contributed by atoms with E-state index < -0.39 is 0 Å². The van der Waals surface area contributed by atoms with Gasteiger partial charge in [-0.2, -0.15) is 0 Å². The predicted octanol–water partition coefficient (Wildman–Crippen LogP) is 4.40. The molecular formula is C25H23N3O2. The van der Waals surface area contributed by atoms with Crippen LogP contribution in [0.4, 0.5) is 5.69 Å². The maximum Gasteiger partial charge on any atom is 0.278 e. The number of aromatic nitrogens is 1. The van der Waals surface area contributed by atoms with Gasteiger partial charge in [-0.05, 0) is 67.3 Å². The second-order valence-electron chi connectivity index (χ2n) is 7.56. The van der Waals surface area contributed by atoms with Crippen LogP contribution in [0.2, 0.25) is 0 Å². The van der Waals surface area contributed by atoms with Crippen LogP contribution in [0.3, 0.4) is 0 Å². The first-order chi connectivity index (χ1) is 14.4. The molecule has 1 aromatic heterocycles. The number of pyridine rings is 1. The maximum atomic E-state index is 13.4. The summed E-state index contributed by atoms with van der Waals surface area (Å²) in [5.41, 5.74) is 6.12. The van der Waals surface area contributed by atoms with Gasteiger partial charge >= 0.3 is 0 Å². The van der Waals surface area contributed by atoms with Crippen LogP contribution in [-0.2, 0) is 16.1 Å². The number of anilines is 1. The Labute approximate surface area is 176 Å². The molecule has 0 bridgehead atoms. The molecule has 2 aromatic carbocycles. The Balaban J connectivity index is 1.77. The molecule has 5 nitrogen and oxygen atoms in total. The first-order valence-electron chi connectivity index (χ1n) is 9.86. The van der Waals surface area contributed by atoms with Gasteiger partial charge in [-0.3, -0.25) is 19.5 Å². The quantitative estimate of drug-likeness (QED) is 0.648. The zero-order valence-electron chi connectivity index (χ0n) is 17.3. The molecule has 0 spiro atoms. The minimum Gasteiger partial charge on any atom is -0.350 e. The summed E-state index contributed by atoms with van der Waals surface area (Å²) >= 11 is 0. The summed E-state index contributed by atoms with van der Waals surface area (Å²) in [7, 11) is 0. The number of hydrogen-bond donors (Lipinski definition) is 1. The molecule has 1 N–H and O–H groups in total. The largest absolute Gasteiger partial charge is 0.350 e. The van der Waals surface area contributed by atoms with Gasteiger partial charge in [0.15, 0.2) is 0 Å². The van der Waals surface area contributed by atoms with Crippen LogP contribution in [0.1, 0.15) is 27.9 Å². The lowest BCUT2D eigenvalue weighted by atomic mass is 9.99. The lowest BCUT2D eigenvalue weighted by Crippen LogP contribution is -2.32. The van der Waals surface area contributed by atoms with Crippen molar-refractivity contribution in [2.75, 3.05) is 5.32 Å². The number of nitrogens with zero attached hydrogens (tertiary/aromatic N) is 2. The number of carbonyl (C=O) groups excluding carboxylic acids is 2. The van der Waals surface area contributed by atoms with Crippen molar-refractivity contribution in [3.8, 4) is 0 Å². The smallest absolute Gasteiger partial charge is 0.278 e. The molecule has 0 aliphatic carbocycles. The highest BCUT2D eigenvalue weighted by atomic mass is 16.2. The van der Waals surface area contributed by atoms with Crippen LogP contribution >= 0.6 is 0 Å². The molecule has 150 valence electrons. The Kier molecular flexibility index (Phi) is 5.19. The second-order valence-corrected chi connectivity index (χ2v) is 7.56. The van der Waals surface area contributed by atoms with Gasteiger partial charge in [0.2, 0.25) is 0 Å². The van der Waals surface area contributed by atoms with Crippen molar-refractivity contribution in [2.24, 2.45) is 0 Å². The third-order valence-electron chi connectivity index (χ3n) is 5.30. The fourth-order valence-electron chi connectivity index (χ4n) is 3.52. The summed E-state index contributed by atoms with van der Waals surface area (Å²) in [5, 5.41) is 3.21. The highest BCUT2D eigenvalue weighted by molar-refractivity contribution is 6.36. The summed E-state index contributed by atoms with van der Waals surface area (Å²) in [4.78, 5) is 32.2. The molecule has 30 heavy (non-hydrogen) atoms. The van der Waals surface area contributed by atoms with Crippen LogP contribution in [0, 0.1) is 20.8 Å². The predicted molar refractivity (Wildman–Crippen MR) is 117 cm³/mol. The van der Waals surface area contributed by atoms with E-state index in [0.29, 0.717) is 17.0 Å². The minimum atomic E-state index is -0.347. The molecule has 5 heteroatoms. The molecule has 0 saturated heterocycles. The number of aryl methyl sites for hydroxylation is 3. The van der Waals surface area contributed by atoms with Gasteiger partial charge in [0.25, 0.3) is 11.8 Å². The van der Waals surface area contributed by atoms with E-state index in [1.54, 1.807) is 12.3 Å². The Morgan fingerprint density at radius 3 is 2.40 bits per heavy atom. The Morgan fingerprint density at radius 1 is 0.867 bits per heavy atom. The van der Waals surface area contributed by atoms with Crippen molar-refractivity contribution in [3.05, 3.63) is 101 Å². The Bertz CT molecular complexity index is 1170. The van der Waals surface area contributed by atoms with Gasteiger partial charge in [0.05, 0.1) is 17.8 Å². The van der Waals surface area contributed by atoms with E-state index in [1.807, 2.05) is 75.4 Å². The molecule has 0 unspecified atom stereocenters. The molecule has 0 atom stereocenters. The van der Waals surface area contributed by atoms with Crippen molar-refractivity contribution in [1.29, 1.82) is 0 Å². The highest BCUT2D eigenvalue weighted by Crippen LogP contribution is 2.32. The first kappa shape index (κ1) is 19.6. The molecule has 2 heterocycles. The molecule has 0 fully saturated rings. The van der Waals surface area contributed by atoms with Gasteiger partial charge < -0.3 is 5.32 Å². The normalized spacial score (nSPS) is 13.9. The summed E-state index contributed by atoms with van der Waals surface area (Å²) in [6.07, 6.45) is 1.66. The van der Waals surface area contributed by atoms with E-state index in [2.05, 4.69) is 10.3 Å². The SMILES string of the molecule is Cc1cccc(NC2=C(c3ccc(C)c(C)c3)C(=O)N(Cc3ccccn3)C2=O)c1. The number of hydrogen-bond acceptors (Lipinski definition) is 4. The van der Waals surface area contributed by atoms with Crippen LogP contribution in [0.15, 0.2) is 72.6 Å². The van der Waals surface area contributed by atoms with Gasteiger partial charge in [0, 0.05) is 11.9 Å². The molecule has 0 radical (unpaired) electrons. The van der Waals surface area contributed by atoms with E-state index in [-0.39, 0.29) is 18.4 Å². The zero-order valence-corrected chi connectivity index (χ0v) is 17.3. The van der Waals surface area contributed by atoms with Crippen LogP contribution in [0.5, 0.6) is 0 Å². The minimum absolute atomic E-state index is 0.131. The van der Waals surface area contributed by atoms with Crippen molar-refractivity contribution in [3.63, 3.8) is 0 Å². The fraction of sp³-hybridized carbons (Fsp3) is 0.160. The van der Waals surface area contributed by atoms with Crippen LogP contribution in [0.25, 0.3) is 5.57 Å². The summed E-state index contributed by atoms with van der Waals surface area (Å²) in [5.74, 6) is -0.663. The summed E-state index contributed by atoms with van der Waals surface area (Å²) in [6, 6.07) is 19.0. The van der Waals surface area contributed by atoms with Crippen molar-refractivity contribution < 1.29 is 9.59 Å². The molecular weight excluding hydrogens is 374 g/mol. The zero-order chi connectivity index (χ0) is 21.3. The van der Waals surface area contributed by atoms with E-state index in [1.165, 1.54) is 4.90 Å². The Hall–Kier alpha value is -3.73. The van der Waals surface area contributed by atoms with Gasteiger partial charge in [-0.25, -0.2) is 0 Å². The summed E-state index contributed by atoms with van der Waals surface area (Å²) in [6.45, 7) is 6.14. The highest BCUT2D eigenvalue weighted by Gasteiger charge is 2.39. The van der Waals surface area contributed by atoms with Crippen molar-refractivity contribution in [2.45, 2.75) is 27.3 Å². The molecule has 1 aliphatic heterocycles. The molecule has 3 aromatic rings. The van der Waals surface area contributed by atoms with Crippen LogP contribution < -0.4 is 5.32 Å². The number of nitrogens with one attached hydrogen (secondary N) is 1. The maximum absolute atomic E-state index is 13.4. The fourth-order valence-corrected chi connectivity index (χ4v) is 3.52. The van der Waals surface area contributed by atoms with Crippen molar-refractivity contribution >= 4 is 23.1 Å². The van der Waals surface area contributed by atoms with Crippen molar-refractivity contribution in [1.82, 2.24) is 9.88 Å². The molecule has 1 aliphatic rings. The van der Waals surface area contributed by atoms with E-state index in [9.17, 15) is 9.59 Å². The third-order valence-corrected chi connectivity index (χ3v) is 5.30. The number of imide groups is 1. The van der Waals surface area contributed by atoms with E-state index in [4.69, 9.17) is 0 Å². The second kappa shape index (κ2) is 7.95. The average Bonchev–Trinajstić information content (AvgIpc) is 2.95. The molecule has 0 saturated carbocycles. The lowest BCUT2D eigenvalue weighted by molar-refractivity contribution is -0.137. The van der Waals surface area contributed by atoms with E-state index in [0.717, 1.165) is 27.9 Å². The molecule has 2 amide bonds. The number of rotatable bonds is 5. The number of benzene rings is 2. The Morgan fingerprint density at radius 2 is 1.70 bits per heavy atom. The number of carbonyl (C=O) groups is 2. The number of amides is 2. The lowest BCUT2D eigenvalue weighted by Gasteiger charge is -2.15. The monoisotopic (exact) mass is 397 g/mol. The van der Waals surface area contributed by atoms with E-state index >= 15 is 0 Å².